The van der Waals surface area contributed by atoms with Crippen molar-refractivity contribution in [2.24, 2.45) is 0 Å². The summed E-state index contributed by atoms with van der Waals surface area (Å²) in [5.41, 5.74) is 2.98. The molecule has 3 rings (SSSR count). The normalized spacial score (nSPS) is 11.5. The first-order valence-corrected chi connectivity index (χ1v) is 9.75. The lowest BCUT2D eigenvalue weighted by atomic mass is 9.83. The second kappa shape index (κ2) is 7.82. The smallest absolute Gasteiger partial charge is 0.146 e. The van der Waals surface area contributed by atoms with Crippen LogP contribution >= 0.6 is 0 Å². The van der Waals surface area contributed by atoms with Crippen LogP contribution in [0.5, 0.6) is 23.0 Å². The Morgan fingerprint density at radius 1 is 1.10 bits per heavy atom. The molecule has 5 heteroatoms. The molecule has 0 radical (unpaired) electrons. The van der Waals surface area contributed by atoms with Crippen molar-refractivity contribution < 1.29 is 24.5 Å². The van der Waals surface area contributed by atoms with Crippen LogP contribution in [-0.2, 0) is 11.8 Å². The van der Waals surface area contributed by atoms with E-state index in [-0.39, 0.29) is 17.2 Å². The molecule has 2 aromatic carbocycles. The van der Waals surface area contributed by atoms with Crippen LogP contribution in [0.25, 0.3) is 22.3 Å². The molecular formula is C25H28O5. The average Bonchev–Trinajstić information content (AvgIpc) is 3.11. The van der Waals surface area contributed by atoms with Gasteiger partial charge < -0.3 is 24.5 Å². The average molecular weight is 408 g/mol. The summed E-state index contributed by atoms with van der Waals surface area (Å²) in [4.78, 5) is 0. The van der Waals surface area contributed by atoms with Gasteiger partial charge in [0.15, 0.2) is 0 Å². The maximum atomic E-state index is 10.5. The van der Waals surface area contributed by atoms with Crippen LogP contribution in [0, 0.1) is 0 Å². The van der Waals surface area contributed by atoms with Crippen molar-refractivity contribution >= 4 is 11.0 Å². The van der Waals surface area contributed by atoms with Gasteiger partial charge in [-0.15, -0.1) is 6.58 Å². The van der Waals surface area contributed by atoms with Crippen molar-refractivity contribution in [3.8, 4) is 34.3 Å². The molecule has 0 amide bonds. The van der Waals surface area contributed by atoms with E-state index in [2.05, 4.69) is 12.7 Å². The van der Waals surface area contributed by atoms with Gasteiger partial charge in [-0.05, 0) is 32.4 Å². The lowest BCUT2D eigenvalue weighted by Gasteiger charge is -2.22. The molecule has 30 heavy (non-hydrogen) atoms. The summed E-state index contributed by atoms with van der Waals surface area (Å²) in [5, 5.41) is 31.7. The largest absolute Gasteiger partial charge is 0.508 e. The fourth-order valence-corrected chi connectivity index (χ4v) is 3.57. The molecule has 5 nitrogen and oxygen atoms in total. The number of phenols is 3. The molecule has 3 aromatic rings. The molecule has 0 saturated carbocycles. The number of rotatable bonds is 6. The number of hydrogen-bond acceptors (Lipinski definition) is 5. The Labute approximate surface area is 176 Å². The summed E-state index contributed by atoms with van der Waals surface area (Å²) in [6, 6.07) is 6.21. The minimum atomic E-state index is -0.591. The van der Waals surface area contributed by atoms with E-state index in [9.17, 15) is 15.3 Å². The predicted octanol–water partition coefficient (Wildman–Crippen LogP) is 6.20. The maximum absolute atomic E-state index is 10.5. The van der Waals surface area contributed by atoms with E-state index in [1.54, 1.807) is 31.4 Å². The van der Waals surface area contributed by atoms with Crippen molar-refractivity contribution in [2.45, 2.75) is 39.5 Å². The zero-order valence-electron chi connectivity index (χ0n) is 18.0. The van der Waals surface area contributed by atoms with Gasteiger partial charge >= 0.3 is 0 Å². The molecular weight excluding hydrogens is 380 g/mol. The standard InChI is InChI=1S/C25H28O5/c1-7-25(4,5)23-20(28)13-19(27)18-12-22(30-24(18)23)17-10-15(26)11-21(29-6)16(17)9-8-14(2)3/h7-8,10-13,26-28H,1,9H2,2-6H3. The fourth-order valence-electron chi connectivity index (χ4n) is 3.57. The molecule has 0 bridgehead atoms. The van der Waals surface area contributed by atoms with Crippen LogP contribution in [0.2, 0.25) is 0 Å². The Morgan fingerprint density at radius 3 is 2.40 bits per heavy atom. The zero-order valence-corrected chi connectivity index (χ0v) is 18.0. The van der Waals surface area contributed by atoms with Gasteiger partial charge in [-0.1, -0.05) is 31.6 Å². The third kappa shape index (κ3) is 3.75. The second-order valence-corrected chi connectivity index (χ2v) is 8.23. The van der Waals surface area contributed by atoms with Gasteiger partial charge in [-0.3, -0.25) is 0 Å². The molecule has 0 aliphatic rings. The molecule has 0 aliphatic heterocycles. The zero-order chi connectivity index (χ0) is 22.2. The highest BCUT2D eigenvalue weighted by Gasteiger charge is 2.28. The van der Waals surface area contributed by atoms with Crippen molar-refractivity contribution in [1.29, 1.82) is 0 Å². The Balaban J connectivity index is 2.34. The van der Waals surface area contributed by atoms with Crippen molar-refractivity contribution in [3.63, 3.8) is 0 Å². The molecule has 0 spiro atoms. The molecule has 1 aromatic heterocycles. The Kier molecular flexibility index (Phi) is 5.57. The van der Waals surface area contributed by atoms with Gasteiger partial charge in [0.05, 0.1) is 12.5 Å². The van der Waals surface area contributed by atoms with E-state index in [0.29, 0.717) is 40.0 Å². The van der Waals surface area contributed by atoms with Gasteiger partial charge in [0, 0.05) is 34.2 Å². The molecule has 0 aliphatic carbocycles. The number of allylic oxidation sites excluding steroid dienone is 3. The van der Waals surface area contributed by atoms with Crippen LogP contribution in [0.1, 0.15) is 38.8 Å². The summed E-state index contributed by atoms with van der Waals surface area (Å²) >= 11 is 0. The van der Waals surface area contributed by atoms with E-state index < -0.39 is 5.41 Å². The minimum Gasteiger partial charge on any atom is -0.508 e. The van der Waals surface area contributed by atoms with Crippen LogP contribution in [0.4, 0.5) is 0 Å². The van der Waals surface area contributed by atoms with Crippen LogP contribution < -0.4 is 4.74 Å². The summed E-state index contributed by atoms with van der Waals surface area (Å²) in [5.74, 6) is 0.894. The first-order chi connectivity index (χ1) is 14.1. The van der Waals surface area contributed by atoms with E-state index in [0.717, 1.165) is 11.1 Å². The summed E-state index contributed by atoms with van der Waals surface area (Å²) in [6.45, 7) is 11.7. The summed E-state index contributed by atoms with van der Waals surface area (Å²) in [6.07, 6.45) is 4.37. The predicted molar refractivity (Wildman–Crippen MR) is 120 cm³/mol. The fraction of sp³-hybridized carbons (Fsp3) is 0.280. The number of benzene rings is 2. The summed E-state index contributed by atoms with van der Waals surface area (Å²) in [7, 11) is 1.55. The SMILES string of the molecule is C=CC(C)(C)c1c(O)cc(O)c2cc(-c3cc(O)cc(OC)c3CC=C(C)C)oc12. The molecule has 3 N–H and O–H groups in total. The van der Waals surface area contributed by atoms with Crippen molar-refractivity contribution in [3.05, 3.63) is 59.7 Å². The quantitative estimate of drug-likeness (QED) is 0.423. The molecule has 158 valence electrons. The van der Waals surface area contributed by atoms with Crippen LogP contribution in [-0.4, -0.2) is 22.4 Å². The second-order valence-electron chi connectivity index (χ2n) is 8.23. The number of ether oxygens (including phenoxy) is 1. The lowest BCUT2D eigenvalue weighted by Crippen LogP contribution is -2.13. The molecule has 0 atom stereocenters. The van der Waals surface area contributed by atoms with E-state index >= 15 is 0 Å². The first kappa shape index (κ1) is 21.4. The Hall–Kier alpha value is -3.34. The monoisotopic (exact) mass is 408 g/mol. The number of fused-ring (bicyclic) bond motifs is 1. The van der Waals surface area contributed by atoms with Gasteiger partial charge in [-0.2, -0.15) is 0 Å². The van der Waals surface area contributed by atoms with Gasteiger partial charge in [0.1, 0.15) is 34.3 Å². The van der Waals surface area contributed by atoms with Crippen molar-refractivity contribution in [2.75, 3.05) is 7.11 Å². The van der Waals surface area contributed by atoms with Gasteiger partial charge in [-0.25, -0.2) is 0 Å². The number of phenolic OH excluding ortho intramolecular Hbond substituents is 3. The topological polar surface area (TPSA) is 83.1 Å². The Bertz CT molecular complexity index is 1140. The van der Waals surface area contributed by atoms with Crippen molar-refractivity contribution in [1.82, 2.24) is 0 Å². The third-order valence-corrected chi connectivity index (χ3v) is 5.31. The minimum absolute atomic E-state index is 0.0435. The highest BCUT2D eigenvalue weighted by molar-refractivity contribution is 5.93. The molecule has 1 heterocycles. The van der Waals surface area contributed by atoms with E-state index in [1.807, 2.05) is 27.7 Å². The van der Waals surface area contributed by atoms with E-state index in [1.165, 1.54) is 6.07 Å². The highest BCUT2D eigenvalue weighted by atomic mass is 16.5. The maximum Gasteiger partial charge on any atom is 0.146 e. The molecule has 0 saturated heterocycles. The first-order valence-electron chi connectivity index (χ1n) is 9.75. The lowest BCUT2D eigenvalue weighted by molar-refractivity contribution is 0.403. The van der Waals surface area contributed by atoms with Crippen LogP contribution in [0.15, 0.2) is 53.0 Å². The van der Waals surface area contributed by atoms with Crippen LogP contribution in [0.3, 0.4) is 0 Å². The number of methoxy groups -OCH3 is 1. The molecule has 0 unspecified atom stereocenters. The Morgan fingerprint density at radius 2 is 1.80 bits per heavy atom. The van der Waals surface area contributed by atoms with E-state index in [4.69, 9.17) is 9.15 Å². The molecule has 0 fully saturated rings. The number of aromatic hydroxyl groups is 3. The van der Waals surface area contributed by atoms with Gasteiger partial charge in [0.25, 0.3) is 0 Å². The highest BCUT2D eigenvalue weighted by Crippen LogP contribution is 2.46. The third-order valence-electron chi connectivity index (χ3n) is 5.31. The summed E-state index contributed by atoms with van der Waals surface area (Å²) < 4.78 is 11.7. The number of hydrogen-bond donors (Lipinski definition) is 3. The van der Waals surface area contributed by atoms with Gasteiger partial charge in [0.2, 0.25) is 0 Å². The number of furan rings is 1.